The van der Waals surface area contributed by atoms with Gasteiger partial charge in [-0.15, -0.1) is 0 Å². The van der Waals surface area contributed by atoms with Gasteiger partial charge in [-0.1, -0.05) is 6.92 Å². The highest BCUT2D eigenvalue weighted by atomic mass is 16.5. The zero-order valence-corrected chi connectivity index (χ0v) is 8.72. The van der Waals surface area contributed by atoms with E-state index in [9.17, 15) is 4.79 Å². The minimum Gasteiger partial charge on any atom is -0.376 e. The van der Waals surface area contributed by atoms with E-state index in [1.54, 1.807) is 0 Å². The van der Waals surface area contributed by atoms with Gasteiger partial charge in [-0.2, -0.15) is 0 Å². The monoisotopic (exact) mass is 185 g/mol. The van der Waals surface area contributed by atoms with E-state index in [1.165, 1.54) is 0 Å². The molecule has 0 saturated carbocycles. The van der Waals surface area contributed by atoms with Crippen molar-refractivity contribution in [2.75, 3.05) is 6.61 Å². The number of carbonyl (C=O) groups excluding carboxylic acids is 1. The molecule has 0 aromatic rings. The maximum atomic E-state index is 11.4. The molecule has 1 N–H and O–H groups in total. The Balaban J connectivity index is 2.46. The highest BCUT2D eigenvalue weighted by Crippen LogP contribution is 2.24. The summed E-state index contributed by atoms with van der Waals surface area (Å²) < 4.78 is 5.43. The number of amides is 1. The van der Waals surface area contributed by atoms with Gasteiger partial charge in [-0.25, -0.2) is 0 Å². The fourth-order valence-electron chi connectivity index (χ4n) is 1.61. The van der Waals surface area contributed by atoms with Gasteiger partial charge in [0.1, 0.15) is 0 Å². The quantitative estimate of drug-likeness (QED) is 0.723. The fourth-order valence-corrected chi connectivity index (χ4v) is 1.61. The maximum absolute atomic E-state index is 11.4. The lowest BCUT2D eigenvalue weighted by molar-refractivity contribution is -0.123. The lowest BCUT2D eigenvalue weighted by Crippen LogP contribution is -2.50. The molecule has 0 aromatic carbocycles. The van der Waals surface area contributed by atoms with Crippen LogP contribution < -0.4 is 5.32 Å². The lowest BCUT2D eigenvalue weighted by atomic mass is 9.94. The van der Waals surface area contributed by atoms with Crippen LogP contribution in [0.3, 0.4) is 0 Å². The summed E-state index contributed by atoms with van der Waals surface area (Å²) in [5.41, 5.74) is -0.147. The van der Waals surface area contributed by atoms with Crippen molar-refractivity contribution in [2.24, 2.45) is 0 Å². The van der Waals surface area contributed by atoms with Crippen molar-refractivity contribution in [1.82, 2.24) is 5.32 Å². The first kappa shape index (κ1) is 10.5. The van der Waals surface area contributed by atoms with Crippen LogP contribution in [0.4, 0.5) is 0 Å². The van der Waals surface area contributed by atoms with Gasteiger partial charge >= 0.3 is 0 Å². The number of carbonyl (C=O) groups is 1. The Bertz CT molecular complexity index is 193. The van der Waals surface area contributed by atoms with Gasteiger partial charge in [-0.3, -0.25) is 4.79 Å². The highest BCUT2D eigenvalue weighted by Gasteiger charge is 2.37. The number of rotatable bonds is 3. The van der Waals surface area contributed by atoms with Crippen LogP contribution in [-0.2, 0) is 9.53 Å². The Morgan fingerprint density at radius 2 is 2.38 bits per heavy atom. The summed E-state index contributed by atoms with van der Waals surface area (Å²) in [6, 6.07) is 0. The van der Waals surface area contributed by atoms with Crippen molar-refractivity contribution in [1.29, 1.82) is 0 Å². The second-order valence-corrected chi connectivity index (χ2v) is 3.98. The molecule has 1 aliphatic heterocycles. The van der Waals surface area contributed by atoms with Gasteiger partial charge in [-0.05, 0) is 26.7 Å². The third-order valence-electron chi connectivity index (χ3n) is 2.79. The standard InChI is InChI=1S/C10H19NO2/c1-4-5-9(12)11-10(3)6-7-13-8(10)2/h8H,4-7H2,1-3H3,(H,11,12). The zero-order valence-electron chi connectivity index (χ0n) is 8.72. The average molecular weight is 185 g/mol. The van der Waals surface area contributed by atoms with Crippen LogP contribution in [-0.4, -0.2) is 24.2 Å². The summed E-state index contributed by atoms with van der Waals surface area (Å²) in [6.45, 7) is 6.83. The molecule has 1 saturated heterocycles. The molecule has 1 rings (SSSR count). The van der Waals surface area contributed by atoms with Crippen LogP contribution in [0.5, 0.6) is 0 Å². The van der Waals surface area contributed by atoms with Crippen molar-refractivity contribution >= 4 is 5.91 Å². The summed E-state index contributed by atoms with van der Waals surface area (Å²) in [5.74, 6) is 0.141. The molecule has 1 fully saturated rings. The number of nitrogens with one attached hydrogen (secondary N) is 1. The average Bonchev–Trinajstić information content (AvgIpc) is 2.32. The van der Waals surface area contributed by atoms with Crippen LogP contribution >= 0.6 is 0 Å². The highest BCUT2D eigenvalue weighted by molar-refractivity contribution is 5.76. The summed E-state index contributed by atoms with van der Waals surface area (Å²) in [4.78, 5) is 11.4. The molecule has 3 heteroatoms. The van der Waals surface area contributed by atoms with E-state index in [0.29, 0.717) is 6.42 Å². The number of hydrogen-bond donors (Lipinski definition) is 1. The SMILES string of the molecule is CCCC(=O)NC1(C)CCOC1C. The normalized spacial score (nSPS) is 33.3. The van der Waals surface area contributed by atoms with Crippen molar-refractivity contribution < 1.29 is 9.53 Å². The minimum absolute atomic E-state index is 0.133. The van der Waals surface area contributed by atoms with Gasteiger partial charge in [0.25, 0.3) is 0 Å². The van der Waals surface area contributed by atoms with Crippen LogP contribution in [0.15, 0.2) is 0 Å². The second-order valence-electron chi connectivity index (χ2n) is 3.98. The molecule has 0 aromatic heterocycles. The van der Waals surface area contributed by atoms with Gasteiger partial charge < -0.3 is 10.1 Å². The summed E-state index contributed by atoms with van der Waals surface area (Å²) in [7, 11) is 0. The van der Waals surface area contributed by atoms with Crippen molar-refractivity contribution in [3.8, 4) is 0 Å². The van der Waals surface area contributed by atoms with Crippen LogP contribution in [0.1, 0.15) is 40.0 Å². The Morgan fingerprint density at radius 1 is 1.69 bits per heavy atom. The lowest BCUT2D eigenvalue weighted by Gasteiger charge is -2.28. The first-order valence-corrected chi connectivity index (χ1v) is 5.01. The predicted molar refractivity (Wildman–Crippen MR) is 51.5 cm³/mol. The van der Waals surface area contributed by atoms with E-state index in [0.717, 1.165) is 19.4 Å². The third kappa shape index (κ3) is 2.44. The van der Waals surface area contributed by atoms with E-state index in [4.69, 9.17) is 4.74 Å². The van der Waals surface area contributed by atoms with E-state index in [-0.39, 0.29) is 17.6 Å². The molecule has 2 unspecified atom stereocenters. The summed E-state index contributed by atoms with van der Waals surface area (Å²) in [6.07, 6.45) is 2.57. The summed E-state index contributed by atoms with van der Waals surface area (Å²) >= 11 is 0. The predicted octanol–water partition coefficient (Wildman–Crippen LogP) is 1.47. The molecule has 76 valence electrons. The molecule has 1 amide bonds. The second kappa shape index (κ2) is 4.09. The van der Waals surface area contributed by atoms with Crippen molar-refractivity contribution in [3.05, 3.63) is 0 Å². The van der Waals surface area contributed by atoms with Crippen molar-refractivity contribution in [3.63, 3.8) is 0 Å². The molecule has 1 aliphatic rings. The van der Waals surface area contributed by atoms with Gasteiger partial charge in [0.2, 0.25) is 5.91 Å². The smallest absolute Gasteiger partial charge is 0.220 e. The Morgan fingerprint density at radius 3 is 2.85 bits per heavy atom. The molecular weight excluding hydrogens is 166 g/mol. The first-order valence-electron chi connectivity index (χ1n) is 5.01. The van der Waals surface area contributed by atoms with E-state index < -0.39 is 0 Å². The Hall–Kier alpha value is -0.570. The molecule has 0 radical (unpaired) electrons. The van der Waals surface area contributed by atoms with Crippen molar-refractivity contribution in [2.45, 2.75) is 51.7 Å². The van der Waals surface area contributed by atoms with Crippen LogP contribution in [0.25, 0.3) is 0 Å². The van der Waals surface area contributed by atoms with Crippen LogP contribution in [0, 0.1) is 0 Å². The van der Waals surface area contributed by atoms with E-state index >= 15 is 0 Å². The largest absolute Gasteiger partial charge is 0.376 e. The molecule has 2 atom stereocenters. The molecular formula is C10H19NO2. The minimum atomic E-state index is -0.147. The third-order valence-corrected chi connectivity index (χ3v) is 2.79. The van der Waals surface area contributed by atoms with E-state index in [2.05, 4.69) is 12.2 Å². The molecule has 0 aliphatic carbocycles. The fraction of sp³-hybridized carbons (Fsp3) is 0.900. The maximum Gasteiger partial charge on any atom is 0.220 e. The molecule has 0 bridgehead atoms. The molecule has 3 nitrogen and oxygen atoms in total. The molecule has 13 heavy (non-hydrogen) atoms. The summed E-state index contributed by atoms with van der Waals surface area (Å²) in [5, 5.41) is 3.04. The van der Waals surface area contributed by atoms with Crippen LogP contribution in [0.2, 0.25) is 0 Å². The number of ether oxygens (including phenoxy) is 1. The number of hydrogen-bond acceptors (Lipinski definition) is 2. The molecule has 1 heterocycles. The molecule has 0 spiro atoms. The Labute approximate surface area is 79.8 Å². The zero-order chi connectivity index (χ0) is 9.90. The van der Waals surface area contributed by atoms with Gasteiger partial charge in [0.15, 0.2) is 0 Å². The van der Waals surface area contributed by atoms with Gasteiger partial charge in [0, 0.05) is 13.0 Å². The van der Waals surface area contributed by atoms with E-state index in [1.807, 2.05) is 13.8 Å². The first-order chi connectivity index (χ1) is 6.08. The topological polar surface area (TPSA) is 38.3 Å². The van der Waals surface area contributed by atoms with Gasteiger partial charge in [0.05, 0.1) is 11.6 Å². The Kier molecular flexibility index (Phi) is 3.31.